The van der Waals surface area contributed by atoms with Gasteiger partial charge in [-0.1, -0.05) is 42.5 Å². The van der Waals surface area contributed by atoms with E-state index in [1.54, 1.807) is 0 Å². The van der Waals surface area contributed by atoms with E-state index in [9.17, 15) is 8.42 Å². The molecule has 2 nitrogen and oxygen atoms in total. The molecule has 1 unspecified atom stereocenters. The average molecular weight is 263 g/mol. The third-order valence-electron chi connectivity index (χ3n) is 2.10. The van der Waals surface area contributed by atoms with E-state index in [4.69, 9.17) is 22.9 Å². The van der Waals surface area contributed by atoms with Gasteiger partial charge < -0.3 is 0 Å². The van der Waals surface area contributed by atoms with E-state index in [2.05, 4.69) is 0 Å². The van der Waals surface area contributed by atoms with Crippen molar-refractivity contribution in [3.63, 3.8) is 0 Å². The first kappa shape index (κ1) is 12.6. The molecule has 0 fully saturated rings. The Labute approximate surface area is 99.7 Å². The van der Waals surface area contributed by atoms with Crippen molar-refractivity contribution in [3.05, 3.63) is 35.9 Å². The van der Waals surface area contributed by atoms with Crippen LogP contribution in [0.4, 0.5) is 0 Å². The average Bonchev–Trinajstić information content (AvgIpc) is 2.16. The van der Waals surface area contributed by atoms with E-state index in [1.807, 2.05) is 30.3 Å². The van der Waals surface area contributed by atoms with Crippen molar-refractivity contribution in [2.75, 3.05) is 0 Å². The normalized spacial score (nSPS) is 13.5. The minimum Gasteiger partial charge on any atom is -0.212 e. The van der Waals surface area contributed by atoms with Gasteiger partial charge in [0.15, 0.2) is 0 Å². The summed E-state index contributed by atoms with van der Waals surface area (Å²) >= 11 is 5.04. The van der Waals surface area contributed by atoms with Gasteiger partial charge in [-0.2, -0.15) is 0 Å². The number of thiocarbonyl (C=S) groups is 1. The summed E-state index contributed by atoms with van der Waals surface area (Å²) in [6.45, 7) is 1.51. The fraction of sp³-hybridized carbons (Fsp3) is 0.300. The molecule has 0 aromatic heterocycles. The fourth-order valence-electron chi connectivity index (χ4n) is 1.10. The van der Waals surface area contributed by atoms with Crippen LogP contribution in [0.2, 0.25) is 0 Å². The Hall–Kier alpha value is -0.450. The van der Waals surface area contributed by atoms with Crippen molar-refractivity contribution < 1.29 is 8.42 Å². The predicted octanol–water partition coefficient (Wildman–Crippen LogP) is 2.56. The highest BCUT2D eigenvalue weighted by Crippen LogP contribution is 2.12. The van der Waals surface area contributed by atoms with Crippen LogP contribution in [0.1, 0.15) is 12.5 Å². The lowest BCUT2D eigenvalue weighted by atomic mass is 10.1. The minimum atomic E-state index is -3.59. The Bertz CT molecular complexity index is 440. The summed E-state index contributed by atoms with van der Waals surface area (Å²) in [5, 5.41) is -0.783. The molecule has 0 saturated heterocycles. The highest BCUT2D eigenvalue weighted by Gasteiger charge is 2.22. The molecule has 0 radical (unpaired) electrons. The molecular weight excluding hydrogens is 252 g/mol. The van der Waals surface area contributed by atoms with Gasteiger partial charge in [0.25, 0.3) is 0 Å². The molecule has 0 amide bonds. The van der Waals surface area contributed by atoms with Crippen molar-refractivity contribution in [1.29, 1.82) is 0 Å². The van der Waals surface area contributed by atoms with Crippen LogP contribution in [0, 0.1) is 0 Å². The molecule has 0 aliphatic rings. The summed E-state index contributed by atoms with van der Waals surface area (Å²) in [5.41, 5.74) is 0.995. The topological polar surface area (TPSA) is 34.1 Å². The van der Waals surface area contributed by atoms with Crippen molar-refractivity contribution in [2.45, 2.75) is 18.6 Å². The SMILES string of the molecule is CC(C(=S)Cc1ccccc1)S(=O)(=O)Cl. The van der Waals surface area contributed by atoms with Crippen LogP contribution in [0.15, 0.2) is 30.3 Å². The van der Waals surface area contributed by atoms with E-state index < -0.39 is 14.3 Å². The molecule has 0 heterocycles. The molecule has 0 saturated carbocycles. The molecule has 5 heteroatoms. The molecule has 0 aliphatic carbocycles. The van der Waals surface area contributed by atoms with Crippen molar-refractivity contribution in [1.82, 2.24) is 0 Å². The highest BCUT2D eigenvalue weighted by molar-refractivity contribution is 8.15. The maximum absolute atomic E-state index is 11.0. The van der Waals surface area contributed by atoms with Gasteiger partial charge in [-0.3, -0.25) is 0 Å². The quantitative estimate of drug-likeness (QED) is 0.618. The van der Waals surface area contributed by atoms with Gasteiger partial charge in [0.1, 0.15) is 5.25 Å². The van der Waals surface area contributed by atoms with Gasteiger partial charge in [0.2, 0.25) is 9.05 Å². The lowest BCUT2D eigenvalue weighted by molar-refractivity contribution is 0.607. The molecule has 0 aliphatic heterocycles. The van der Waals surface area contributed by atoms with Gasteiger partial charge in [-0.25, -0.2) is 8.42 Å². The second-order valence-corrected chi connectivity index (χ2v) is 6.72. The zero-order valence-corrected chi connectivity index (χ0v) is 10.6. The number of hydrogen-bond donors (Lipinski definition) is 0. The van der Waals surface area contributed by atoms with Crippen LogP contribution >= 0.6 is 22.9 Å². The largest absolute Gasteiger partial charge is 0.239 e. The maximum atomic E-state index is 11.0. The van der Waals surface area contributed by atoms with Gasteiger partial charge in [-0.15, -0.1) is 0 Å². The first-order valence-corrected chi connectivity index (χ1v) is 7.19. The van der Waals surface area contributed by atoms with Crippen LogP contribution in [0.25, 0.3) is 0 Å². The van der Waals surface area contributed by atoms with E-state index in [-0.39, 0.29) is 0 Å². The van der Waals surface area contributed by atoms with Gasteiger partial charge in [-0.05, 0) is 12.5 Å². The molecule has 1 aromatic carbocycles. The third kappa shape index (κ3) is 3.89. The molecular formula is C10H11ClO2S2. The zero-order chi connectivity index (χ0) is 11.5. The number of rotatable bonds is 4. The monoisotopic (exact) mass is 262 g/mol. The van der Waals surface area contributed by atoms with E-state index in [0.717, 1.165) is 5.56 Å². The Morgan fingerprint density at radius 2 is 1.93 bits per heavy atom. The zero-order valence-electron chi connectivity index (χ0n) is 8.18. The standard InChI is InChI=1S/C10H11ClO2S2/c1-8(15(11,12)13)10(14)7-9-5-3-2-4-6-9/h2-6,8H,7H2,1H3. The Kier molecular flexibility index (Phi) is 4.25. The van der Waals surface area contributed by atoms with Gasteiger partial charge in [0, 0.05) is 22.0 Å². The molecule has 1 rings (SSSR count). The van der Waals surface area contributed by atoms with Crippen LogP contribution in [0.3, 0.4) is 0 Å². The second kappa shape index (κ2) is 5.05. The molecule has 15 heavy (non-hydrogen) atoms. The van der Waals surface area contributed by atoms with Crippen molar-refractivity contribution in [2.24, 2.45) is 0 Å². The summed E-state index contributed by atoms with van der Waals surface area (Å²) in [5.74, 6) is 0. The number of benzene rings is 1. The first-order valence-electron chi connectivity index (χ1n) is 4.41. The Balaban J connectivity index is 2.73. The number of halogens is 1. The Morgan fingerprint density at radius 1 is 1.40 bits per heavy atom. The Morgan fingerprint density at radius 3 is 2.40 bits per heavy atom. The lowest BCUT2D eigenvalue weighted by Crippen LogP contribution is -2.23. The van der Waals surface area contributed by atoms with Crippen molar-refractivity contribution >= 4 is 36.8 Å². The smallest absolute Gasteiger partial charge is 0.212 e. The molecule has 0 bridgehead atoms. The second-order valence-electron chi connectivity index (χ2n) is 3.25. The molecule has 82 valence electrons. The third-order valence-corrected chi connectivity index (χ3v) is 4.67. The predicted molar refractivity (Wildman–Crippen MR) is 67.0 cm³/mol. The van der Waals surface area contributed by atoms with E-state index in [0.29, 0.717) is 11.3 Å². The van der Waals surface area contributed by atoms with Crippen LogP contribution in [0.5, 0.6) is 0 Å². The van der Waals surface area contributed by atoms with E-state index in [1.165, 1.54) is 6.92 Å². The minimum absolute atomic E-state index is 0.441. The van der Waals surface area contributed by atoms with Gasteiger partial charge >= 0.3 is 0 Å². The highest BCUT2D eigenvalue weighted by atomic mass is 35.7. The maximum Gasteiger partial charge on any atom is 0.239 e. The molecule has 0 N–H and O–H groups in total. The fourth-order valence-corrected chi connectivity index (χ4v) is 2.52. The first-order chi connectivity index (χ1) is 6.91. The molecule has 1 atom stereocenters. The van der Waals surface area contributed by atoms with Crippen LogP contribution in [-0.2, 0) is 15.5 Å². The molecule has 0 spiro atoms. The summed E-state index contributed by atoms with van der Waals surface area (Å²) in [7, 11) is 1.64. The van der Waals surface area contributed by atoms with Crippen molar-refractivity contribution in [3.8, 4) is 0 Å². The summed E-state index contributed by atoms with van der Waals surface area (Å²) in [6, 6.07) is 9.48. The summed E-state index contributed by atoms with van der Waals surface area (Å²) < 4.78 is 22.1. The van der Waals surface area contributed by atoms with Gasteiger partial charge in [0.05, 0.1) is 0 Å². The van der Waals surface area contributed by atoms with Crippen LogP contribution < -0.4 is 0 Å². The number of hydrogen-bond acceptors (Lipinski definition) is 3. The van der Waals surface area contributed by atoms with E-state index >= 15 is 0 Å². The lowest BCUT2D eigenvalue weighted by Gasteiger charge is -2.09. The van der Waals surface area contributed by atoms with Crippen LogP contribution in [-0.4, -0.2) is 18.5 Å². The summed E-state index contributed by atoms with van der Waals surface area (Å²) in [6.07, 6.45) is 0.462. The molecule has 1 aromatic rings. The summed E-state index contributed by atoms with van der Waals surface area (Å²) in [4.78, 5) is 0.441.